The lowest BCUT2D eigenvalue weighted by molar-refractivity contribution is -0.384. The van der Waals surface area contributed by atoms with Crippen LogP contribution < -0.4 is 4.90 Å². The summed E-state index contributed by atoms with van der Waals surface area (Å²) in [7, 11) is 1.57. The molecule has 0 saturated carbocycles. The zero-order valence-electron chi connectivity index (χ0n) is 12.9. The molecule has 0 aliphatic carbocycles. The summed E-state index contributed by atoms with van der Waals surface area (Å²) in [5.41, 5.74) is 1.80. The van der Waals surface area contributed by atoms with Crippen LogP contribution in [0.2, 0.25) is 0 Å². The number of hydrogen-bond acceptors (Lipinski definition) is 5. The van der Waals surface area contributed by atoms with Crippen LogP contribution in [0.25, 0.3) is 0 Å². The van der Waals surface area contributed by atoms with Crippen LogP contribution in [0.3, 0.4) is 0 Å². The maximum atomic E-state index is 11.7. The smallest absolute Gasteiger partial charge is 0.269 e. The standard InChI is InChI=1S/C15H21N3O4/c1-3-15(19)17-8-6-16(7-9-17)14-5-4-13(18(20)21)10-12(14)11-22-2/h4-5,10H,3,6-9,11H2,1-2H3. The van der Waals surface area contributed by atoms with Gasteiger partial charge in [0.1, 0.15) is 0 Å². The fourth-order valence-corrected chi connectivity index (χ4v) is 2.69. The van der Waals surface area contributed by atoms with Gasteiger partial charge in [0.25, 0.3) is 5.69 Å². The lowest BCUT2D eigenvalue weighted by Crippen LogP contribution is -2.48. The van der Waals surface area contributed by atoms with E-state index in [0.29, 0.717) is 26.1 Å². The van der Waals surface area contributed by atoms with Gasteiger partial charge in [-0.2, -0.15) is 0 Å². The number of amides is 1. The normalized spacial score (nSPS) is 15.0. The lowest BCUT2D eigenvalue weighted by Gasteiger charge is -2.36. The number of benzene rings is 1. The van der Waals surface area contributed by atoms with Crippen molar-refractivity contribution >= 4 is 17.3 Å². The first kappa shape index (κ1) is 16.2. The molecule has 1 aliphatic rings. The molecule has 1 aromatic rings. The summed E-state index contributed by atoms with van der Waals surface area (Å²) < 4.78 is 5.16. The van der Waals surface area contributed by atoms with Crippen molar-refractivity contribution in [2.45, 2.75) is 20.0 Å². The molecule has 120 valence electrons. The van der Waals surface area contributed by atoms with Gasteiger partial charge in [-0.3, -0.25) is 14.9 Å². The summed E-state index contributed by atoms with van der Waals surface area (Å²) in [6.07, 6.45) is 0.520. The van der Waals surface area contributed by atoms with Crippen molar-refractivity contribution in [1.29, 1.82) is 0 Å². The van der Waals surface area contributed by atoms with E-state index in [-0.39, 0.29) is 11.6 Å². The van der Waals surface area contributed by atoms with Crippen LogP contribution >= 0.6 is 0 Å². The number of nitro benzene ring substituents is 1. The van der Waals surface area contributed by atoms with E-state index in [1.165, 1.54) is 6.07 Å². The number of carbonyl (C=O) groups excluding carboxylic acids is 1. The zero-order valence-corrected chi connectivity index (χ0v) is 12.9. The van der Waals surface area contributed by atoms with Crippen molar-refractivity contribution in [1.82, 2.24) is 4.90 Å². The Morgan fingerprint density at radius 2 is 2.00 bits per heavy atom. The summed E-state index contributed by atoms with van der Waals surface area (Å²) in [6, 6.07) is 4.84. The van der Waals surface area contributed by atoms with Gasteiger partial charge in [-0.25, -0.2) is 0 Å². The van der Waals surface area contributed by atoms with Crippen LogP contribution in [0.5, 0.6) is 0 Å². The first-order valence-corrected chi connectivity index (χ1v) is 7.35. The summed E-state index contributed by atoms with van der Waals surface area (Å²) in [5, 5.41) is 10.9. The number of methoxy groups -OCH3 is 1. The van der Waals surface area contributed by atoms with E-state index in [2.05, 4.69) is 4.90 Å². The van der Waals surface area contributed by atoms with Gasteiger partial charge in [0, 0.05) is 63.1 Å². The Hall–Kier alpha value is -2.15. The van der Waals surface area contributed by atoms with Gasteiger partial charge in [-0.05, 0) is 6.07 Å². The molecule has 1 heterocycles. The van der Waals surface area contributed by atoms with Gasteiger partial charge >= 0.3 is 0 Å². The van der Waals surface area contributed by atoms with Crippen molar-refractivity contribution < 1.29 is 14.5 Å². The van der Waals surface area contributed by atoms with Gasteiger partial charge in [-0.15, -0.1) is 0 Å². The van der Waals surface area contributed by atoms with Crippen molar-refractivity contribution in [3.05, 3.63) is 33.9 Å². The number of rotatable bonds is 5. The second kappa shape index (κ2) is 7.22. The molecule has 1 saturated heterocycles. The molecule has 1 fully saturated rings. The third-order valence-electron chi connectivity index (χ3n) is 3.85. The fraction of sp³-hybridized carbons (Fsp3) is 0.533. The van der Waals surface area contributed by atoms with E-state index in [0.717, 1.165) is 24.3 Å². The van der Waals surface area contributed by atoms with Crippen molar-refractivity contribution in [2.24, 2.45) is 0 Å². The van der Waals surface area contributed by atoms with E-state index < -0.39 is 4.92 Å². The Morgan fingerprint density at radius 3 is 2.55 bits per heavy atom. The lowest BCUT2D eigenvalue weighted by atomic mass is 10.1. The molecule has 1 aliphatic heterocycles. The SMILES string of the molecule is CCC(=O)N1CCN(c2ccc([N+](=O)[O-])cc2COC)CC1. The molecule has 0 atom stereocenters. The van der Waals surface area contributed by atoms with Crippen LogP contribution in [0.4, 0.5) is 11.4 Å². The minimum Gasteiger partial charge on any atom is -0.380 e. The Kier molecular flexibility index (Phi) is 5.32. The summed E-state index contributed by atoms with van der Waals surface area (Å²) >= 11 is 0. The Morgan fingerprint density at radius 1 is 1.32 bits per heavy atom. The predicted octanol–water partition coefficient (Wildman–Crippen LogP) is 1.80. The van der Waals surface area contributed by atoms with E-state index in [1.807, 2.05) is 11.8 Å². The maximum Gasteiger partial charge on any atom is 0.269 e. The van der Waals surface area contributed by atoms with Crippen LogP contribution in [0.15, 0.2) is 18.2 Å². The summed E-state index contributed by atoms with van der Waals surface area (Å²) in [5.74, 6) is 0.167. The summed E-state index contributed by atoms with van der Waals surface area (Å²) in [6.45, 7) is 4.99. The second-order valence-electron chi connectivity index (χ2n) is 5.22. The number of non-ortho nitro benzene ring substituents is 1. The number of hydrogen-bond donors (Lipinski definition) is 0. The second-order valence-corrected chi connectivity index (χ2v) is 5.22. The molecule has 0 unspecified atom stereocenters. The molecule has 1 amide bonds. The minimum atomic E-state index is -0.402. The number of carbonyl (C=O) groups is 1. The number of anilines is 1. The molecule has 0 aromatic heterocycles. The quantitative estimate of drug-likeness (QED) is 0.612. The molecule has 0 spiro atoms. The summed E-state index contributed by atoms with van der Waals surface area (Å²) in [4.78, 5) is 26.2. The maximum absolute atomic E-state index is 11.7. The van der Waals surface area contributed by atoms with Gasteiger partial charge < -0.3 is 14.5 Å². The highest BCUT2D eigenvalue weighted by Gasteiger charge is 2.22. The van der Waals surface area contributed by atoms with Gasteiger partial charge in [-0.1, -0.05) is 6.92 Å². The molecule has 0 bridgehead atoms. The van der Waals surface area contributed by atoms with Crippen molar-refractivity contribution in [3.63, 3.8) is 0 Å². The molecule has 0 N–H and O–H groups in total. The first-order valence-electron chi connectivity index (χ1n) is 7.35. The van der Waals surface area contributed by atoms with Gasteiger partial charge in [0.05, 0.1) is 11.5 Å². The van der Waals surface area contributed by atoms with Gasteiger partial charge in [0.15, 0.2) is 0 Å². The van der Waals surface area contributed by atoms with E-state index in [4.69, 9.17) is 4.74 Å². The molecule has 7 nitrogen and oxygen atoms in total. The Labute approximate surface area is 129 Å². The number of nitrogens with zero attached hydrogens (tertiary/aromatic N) is 3. The van der Waals surface area contributed by atoms with E-state index in [9.17, 15) is 14.9 Å². The molecular formula is C15H21N3O4. The predicted molar refractivity (Wildman–Crippen MR) is 82.9 cm³/mol. The highest BCUT2D eigenvalue weighted by Crippen LogP contribution is 2.27. The van der Waals surface area contributed by atoms with Crippen molar-refractivity contribution in [2.75, 3.05) is 38.2 Å². The van der Waals surface area contributed by atoms with Crippen LogP contribution in [0.1, 0.15) is 18.9 Å². The topological polar surface area (TPSA) is 75.9 Å². The minimum absolute atomic E-state index is 0.0654. The Balaban J connectivity index is 2.15. The first-order chi connectivity index (χ1) is 10.6. The molecule has 2 rings (SSSR count). The van der Waals surface area contributed by atoms with E-state index >= 15 is 0 Å². The number of nitro groups is 1. The monoisotopic (exact) mass is 307 g/mol. The molecular weight excluding hydrogens is 286 g/mol. The van der Waals surface area contributed by atoms with E-state index in [1.54, 1.807) is 19.2 Å². The number of ether oxygens (including phenoxy) is 1. The van der Waals surface area contributed by atoms with Crippen molar-refractivity contribution in [3.8, 4) is 0 Å². The average Bonchev–Trinajstić information content (AvgIpc) is 2.54. The molecule has 0 radical (unpaired) electrons. The van der Waals surface area contributed by atoms with Crippen LogP contribution in [-0.2, 0) is 16.1 Å². The Bertz CT molecular complexity index is 554. The highest BCUT2D eigenvalue weighted by molar-refractivity contribution is 5.76. The largest absolute Gasteiger partial charge is 0.380 e. The average molecular weight is 307 g/mol. The molecule has 7 heteroatoms. The number of piperazine rings is 1. The highest BCUT2D eigenvalue weighted by atomic mass is 16.6. The zero-order chi connectivity index (χ0) is 16.1. The molecule has 22 heavy (non-hydrogen) atoms. The third kappa shape index (κ3) is 3.54. The van der Waals surface area contributed by atoms with Crippen LogP contribution in [0, 0.1) is 10.1 Å². The third-order valence-corrected chi connectivity index (χ3v) is 3.85. The fourth-order valence-electron chi connectivity index (χ4n) is 2.69. The van der Waals surface area contributed by atoms with Gasteiger partial charge in [0.2, 0.25) is 5.91 Å². The molecule has 1 aromatic carbocycles. The van der Waals surface area contributed by atoms with Crippen LogP contribution in [-0.4, -0.2) is 49.0 Å².